The van der Waals surface area contributed by atoms with Crippen molar-refractivity contribution in [2.75, 3.05) is 26.8 Å². The Kier molecular flexibility index (Phi) is 5.02. The molecule has 1 spiro atoms. The molecule has 2 aliphatic rings. The van der Waals surface area contributed by atoms with Crippen LogP contribution in [0.1, 0.15) is 36.2 Å². The van der Waals surface area contributed by atoms with Gasteiger partial charge in [-0.05, 0) is 37.1 Å². The molecule has 1 heterocycles. The summed E-state index contributed by atoms with van der Waals surface area (Å²) in [5.74, 6) is -0.887. The number of nitriles is 1. The fourth-order valence-corrected chi connectivity index (χ4v) is 4.04. The topological polar surface area (TPSA) is 79.6 Å². The third-order valence-corrected chi connectivity index (χ3v) is 5.34. The molecule has 7 heteroatoms. The lowest BCUT2D eigenvalue weighted by atomic mass is 9.69. The first kappa shape index (κ1) is 20.0. The molecule has 1 unspecified atom stereocenters. The Morgan fingerprint density at radius 1 is 1.39 bits per heavy atom. The van der Waals surface area contributed by atoms with Gasteiger partial charge in [0.05, 0.1) is 31.4 Å². The predicted molar refractivity (Wildman–Crippen MR) is 99.4 cm³/mol. The Labute approximate surface area is 163 Å². The van der Waals surface area contributed by atoms with E-state index in [1.54, 1.807) is 20.8 Å². The maximum Gasteiger partial charge on any atom is 0.257 e. The standard InChI is InChI=1S/C21H23FN2O4/c1-13-7-16(22)15(8-17(13)27-4)19(26)24-5-6-28-21(12-24)9-14(10-23)18(25)20(2,3)11-21/h7-9H,5-6,11-12H2,1-4H3. The van der Waals surface area contributed by atoms with E-state index in [0.29, 0.717) is 24.3 Å². The minimum absolute atomic E-state index is 0.0359. The average Bonchev–Trinajstić information content (AvgIpc) is 2.64. The summed E-state index contributed by atoms with van der Waals surface area (Å²) in [4.78, 5) is 26.9. The van der Waals surface area contributed by atoms with Gasteiger partial charge in [-0.1, -0.05) is 13.8 Å². The molecule has 148 valence electrons. The van der Waals surface area contributed by atoms with Crippen molar-refractivity contribution in [3.63, 3.8) is 0 Å². The number of hydrogen-bond acceptors (Lipinski definition) is 5. The number of Topliss-reactive ketones (excluding diaryl/α,β-unsaturated/α-hetero) is 1. The van der Waals surface area contributed by atoms with Gasteiger partial charge in [0.1, 0.15) is 23.2 Å². The van der Waals surface area contributed by atoms with Crippen LogP contribution in [0, 0.1) is 29.5 Å². The van der Waals surface area contributed by atoms with Crippen molar-refractivity contribution >= 4 is 11.7 Å². The lowest BCUT2D eigenvalue weighted by Gasteiger charge is -2.46. The van der Waals surface area contributed by atoms with Crippen molar-refractivity contribution in [2.45, 2.75) is 32.8 Å². The molecular formula is C21H23FN2O4. The van der Waals surface area contributed by atoms with Crippen LogP contribution in [-0.4, -0.2) is 49.0 Å². The molecular weight excluding hydrogens is 363 g/mol. The second kappa shape index (κ2) is 7.02. The Morgan fingerprint density at radius 2 is 2.11 bits per heavy atom. The predicted octanol–water partition coefficient (Wildman–Crippen LogP) is 2.80. The molecule has 0 saturated carbocycles. The van der Waals surface area contributed by atoms with Crippen LogP contribution in [0.4, 0.5) is 4.39 Å². The molecule has 1 aliphatic heterocycles. The first-order valence-corrected chi connectivity index (χ1v) is 9.07. The molecule has 1 aromatic carbocycles. The lowest BCUT2D eigenvalue weighted by Crippen LogP contribution is -2.57. The second-order valence-corrected chi connectivity index (χ2v) is 8.00. The van der Waals surface area contributed by atoms with Crippen LogP contribution in [-0.2, 0) is 9.53 Å². The van der Waals surface area contributed by atoms with Gasteiger partial charge in [-0.25, -0.2) is 4.39 Å². The highest BCUT2D eigenvalue weighted by molar-refractivity contribution is 6.04. The third-order valence-electron chi connectivity index (χ3n) is 5.34. The number of methoxy groups -OCH3 is 1. The third kappa shape index (κ3) is 3.40. The van der Waals surface area contributed by atoms with Gasteiger partial charge in [0, 0.05) is 12.0 Å². The van der Waals surface area contributed by atoms with Crippen molar-refractivity contribution in [2.24, 2.45) is 5.41 Å². The van der Waals surface area contributed by atoms with E-state index in [4.69, 9.17) is 9.47 Å². The molecule has 0 radical (unpaired) electrons. The molecule has 28 heavy (non-hydrogen) atoms. The average molecular weight is 386 g/mol. The highest BCUT2D eigenvalue weighted by atomic mass is 19.1. The number of carbonyl (C=O) groups is 2. The number of allylic oxidation sites excluding steroid dienone is 1. The maximum absolute atomic E-state index is 14.5. The number of ether oxygens (including phenoxy) is 2. The number of morpholine rings is 1. The smallest absolute Gasteiger partial charge is 0.257 e. The van der Waals surface area contributed by atoms with Gasteiger partial charge in [-0.3, -0.25) is 9.59 Å². The molecule has 6 nitrogen and oxygen atoms in total. The lowest BCUT2D eigenvalue weighted by molar-refractivity contribution is -0.134. The number of benzene rings is 1. The normalized spacial score (nSPS) is 23.9. The van der Waals surface area contributed by atoms with E-state index in [2.05, 4.69) is 0 Å². The quantitative estimate of drug-likeness (QED) is 0.781. The van der Waals surface area contributed by atoms with E-state index >= 15 is 0 Å². The summed E-state index contributed by atoms with van der Waals surface area (Å²) in [6.45, 7) is 5.89. The van der Waals surface area contributed by atoms with Crippen molar-refractivity contribution in [1.82, 2.24) is 4.90 Å². The largest absolute Gasteiger partial charge is 0.496 e. The minimum Gasteiger partial charge on any atom is -0.496 e. The van der Waals surface area contributed by atoms with Crippen LogP contribution in [0.5, 0.6) is 5.75 Å². The number of halogens is 1. The molecule has 3 rings (SSSR count). The summed E-state index contributed by atoms with van der Waals surface area (Å²) < 4.78 is 25.6. The monoisotopic (exact) mass is 386 g/mol. The number of nitrogens with zero attached hydrogens (tertiary/aromatic N) is 2. The van der Waals surface area contributed by atoms with Crippen LogP contribution in [0.15, 0.2) is 23.8 Å². The zero-order valence-corrected chi connectivity index (χ0v) is 16.5. The van der Waals surface area contributed by atoms with Crippen LogP contribution < -0.4 is 4.74 Å². The number of rotatable bonds is 2. The van der Waals surface area contributed by atoms with Crippen molar-refractivity contribution in [3.05, 3.63) is 40.7 Å². The van der Waals surface area contributed by atoms with Crippen LogP contribution >= 0.6 is 0 Å². The van der Waals surface area contributed by atoms with Gasteiger partial charge in [0.15, 0.2) is 5.78 Å². The number of hydrogen-bond donors (Lipinski definition) is 0. The zero-order valence-electron chi connectivity index (χ0n) is 16.5. The van der Waals surface area contributed by atoms with Gasteiger partial charge in [0.2, 0.25) is 0 Å². The van der Waals surface area contributed by atoms with Crippen LogP contribution in [0.3, 0.4) is 0 Å². The zero-order chi connectivity index (χ0) is 20.7. The first-order valence-electron chi connectivity index (χ1n) is 9.07. The molecule has 0 N–H and O–H groups in total. The Bertz CT molecular complexity index is 916. The summed E-state index contributed by atoms with van der Waals surface area (Å²) in [7, 11) is 1.47. The molecule has 1 atom stereocenters. The van der Waals surface area contributed by atoms with Gasteiger partial charge >= 0.3 is 0 Å². The van der Waals surface area contributed by atoms with E-state index in [1.165, 1.54) is 30.2 Å². The van der Waals surface area contributed by atoms with Gasteiger partial charge < -0.3 is 14.4 Å². The summed E-state index contributed by atoms with van der Waals surface area (Å²) in [6.07, 6.45) is 1.86. The van der Waals surface area contributed by atoms with E-state index < -0.39 is 22.7 Å². The Balaban J connectivity index is 1.94. The van der Waals surface area contributed by atoms with E-state index in [1.807, 2.05) is 6.07 Å². The van der Waals surface area contributed by atoms with Gasteiger partial charge in [-0.2, -0.15) is 5.26 Å². The molecule has 1 amide bonds. The van der Waals surface area contributed by atoms with Crippen LogP contribution in [0.25, 0.3) is 0 Å². The Hall–Kier alpha value is -2.72. The van der Waals surface area contributed by atoms with Gasteiger partial charge in [0.25, 0.3) is 5.91 Å². The molecule has 1 aliphatic carbocycles. The van der Waals surface area contributed by atoms with Crippen LogP contribution in [0.2, 0.25) is 0 Å². The number of ketones is 1. The van der Waals surface area contributed by atoms with Crippen molar-refractivity contribution in [1.29, 1.82) is 5.26 Å². The summed E-state index contributed by atoms with van der Waals surface area (Å²) >= 11 is 0. The highest BCUT2D eigenvalue weighted by Gasteiger charge is 2.48. The molecule has 1 saturated heterocycles. The van der Waals surface area contributed by atoms with E-state index in [-0.39, 0.29) is 30.1 Å². The van der Waals surface area contributed by atoms with E-state index in [9.17, 15) is 19.2 Å². The fraction of sp³-hybridized carbons (Fsp3) is 0.476. The Morgan fingerprint density at radius 3 is 2.75 bits per heavy atom. The molecule has 0 aromatic heterocycles. The summed E-state index contributed by atoms with van der Waals surface area (Å²) in [6, 6.07) is 4.62. The highest BCUT2D eigenvalue weighted by Crippen LogP contribution is 2.41. The molecule has 0 bridgehead atoms. The second-order valence-electron chi connectivity index (χ2n) is 8.00. The van der Waals surface area contributed by atoms with E-state index in [0.717, 1.165) is 0 Å². The minimum atomic E-state index is -0.943. The van der Waals surface area contributed by atoms with Gasteiger partial charge in [-0.15, -0.1) is 0 Å². The number of amides is 1. The summed E-state index contributed by atoms with van der Waals surface area (Å²) in [5, 5.41) is 9.34. The molecule has 1 fully saturated rings. The molecule has 1 aromatic rings. The van der Waals surface area contributed by atoms with Crippen molar-refractivity contribution < 1.29 is 23.5 Å². The number of carbonyl (C=O) groups excluding carboxylic acids is 2. The maximum atomic E-state index is 14.5. The van der Waals surface area contributed by atoms with Crippen molar-refractivity contribution in [3.8, 4) is 11.8 Å². The SMILES string of the molecule is COc1cc(C(=O)N2CCOC3(C=C(C#N)C(=O)C(C)(C)C3)C2)c(F)cc1C. The number of aryl methyl sites for hydroxylation is 1. The fourth-order valence-electron chi connectivity index (χ4n) is 4.04. The first-order chi connectivity index (χ1) is 13.1. The summed E-state index contributed by atoms with van der Waals surface area (Å²) in [5.41, 5.74) is -1.17.